The molecule has 0 unspecified atom stereocenters. The number of phenolic OH excluding ortho intramolecular Hbond substituents is 2. The molecule has 7 heterocycles. The van der Waals surface area contributed by atoms with Gasteiger partial charge in [0, 0.05) is 84.5 Å². The van der Waals surface area contributed by atoms with Gasteiger partial charge in [-0.2, -0.15) is 0 Å². The minimum atomic E-state index is -0.885. The molecule has 1 amide bonds. The third kappa shape index (κ3) is 22.1. The summed E-state index contributed by atoms with van der Waals surface area (Å²) in [5, 5.41) is 21.4. The Labute approximate surface area is 626 Å². The van der Waals surface area contributed by atoms with Crippen LogP contribution in [0.25, 0.3) is 16.9 Å². The minimum Gasteiger partial charge on any atom is -0.505 e. The number of ketones is 4. The lowest BCUT2D eigenvalue weighted by Gasteiger charge is -2.06. The normalized spacial score (nSPS) is 10.4. The van der Waals surface area contributed by atoms with Crippen LogP contribution in [0.1, 0.15) is 115 Å². The van der Waals surface area contributed by atoms with E-state index in [-0.39, 0.29) is 69.1 Å². The van der Waals surface area contributed by atoms with Crippen molar-refractivity contribution in [3.8, 4) is 17.2 Å². The third-order valence-corrected chi connectivity index (χ3v) is 14.8. The van der Waals surface area contributed by atoms with E-state index in [1.807, 2.05) is 20.8 Å². The Bertz CT molecular complexity index is 4650. The van der Waals surface area contributed by atoms with Gasteiger partial charge in [0.25, 0.3) is 0 Å². The van der Waals surface area contributed by atoms with Crippen molar-refractivity contribution in [1.82, 2.24) is 33.1 Å². The van der Waals surface area contributed by atoms with E-state index in [1.54, 1.807) is 48.6 Å². The standard InChI is InChI=1S/C17H14F2N2O2.C16H11F2IN2O2.C16H12F2N2O2.C9H8BrFO.C8H9FN2O.BBr3.I2/c1-3-13-16(21-9-11(18)5-7-15(21)20-13)17(22)10-4-6-14(23-2)12(19)8-10;1-2-12-14(21-7-9(17)3-4-13(21)20-12)15(22)8-5-10(18)16(23)11(19)6-8;1-2-12-15(20-8-10(17)4-6-14(20)19-12)16(22)9-3-5-13(21)11(18)7-9;1-6-2-3-7(4-8(6)11)9(12)5-10;1-2-8(12)11-7-4-3-6(9)5-10-7;2-1(3)4;1-2/h4-9H,3H2,1-2H3;3-7,23H,2H2,1H3;3-8,21H,2H2,1H3;2-4H,5H2,1H3;3-5H,2H2,1H3,(H,10,11,12);;. The maximum absolute atomic E-state index is 13.9. The van der Waals surface area contributed by atoms with Gasteiger partial charge in [-0.15, -0.1) is 47.3 Å². The summed E-state index contributed by atoms with van der Waals surface area (Å²) in [6.07, 6.45) is 6.46. The fraction of sp³-hybridized carbons (Fsp3) is 0.167. The number of pyridine rings is 4. The number of imidazole rings is 3. The van der Waals surface area contributed by atoms with Gasteiger partial charge in [-0.25, -0.2) is 55.1 Å². The van der Waals surface area contributed by atoms with Crippen LogP contribution in [0.2, 0.25) is 0 Å². The molecular weight excluding hydrogens is 1900 g/mol. The molecule has 0 bridgehead atoms. The second-order valence-corrected chi connectivity index (χ2v) is 28.0. The van der Waals surface area contributed by atoms with Gasteiger partial charge in [0.1, 0.15) is 68.9 Å². The van der Waals surface area contributed by atoms with Gasteiger partial charge < -0.3 is 20.3 Å². The number of aromatic nitrogens is 7. The summed E-state index contributed by atoms with van der Waals surface area (Å²) in [5.41, 5.74) is 4.81. The van der Waals surface area contributed by atoms with Crippen molar-refractivity contribution in [2.75, 3.05) is 17.8 Å². The summed E-state index contributed by atoms with van der Waals surface area (Å²) in [5.74, 6) is -6.81. The highest BCUT2D eigenvalue weighted by molar-refractivity contribution is 15.0. The first kappa shape index (κ1) is 81.9. The fourth-order valence-electron chi connectivity index (χ4n) is 8.75. The Morgan fingerprint density at radius 3 is 1.33 bits per heavy atom. The molecule has 32 heteroatoms. The first-order chi connectivity index (χ1) is 46.6. The van der Waals surface area contributed by atoms with Crippen LogP contribution in [-0.4, -0.2) is 88.0 Å². The topological polar surface area (TPSA) is 212 Å². The first-order valence-electron chi connectivity index (χ1n) is 28.5. The number of phenols is 2. The number of fused-ring (bicyclic) bond motifs is 3. The van der Waals surface area contributed by atoms with Crippen molar-refractivity contribution in [2.45, 2.75) is 60.3 Å². The number of amides is 1. The van der Waals surface area contributed by atoms with E-state index in [0.29, 0.717) is 76.7 Å². The number of carbonyl (C=O) groups excluding carboxylic acids is 5. The first-order valence-corrected chi connectivity index (χ1v) is 39.8. The number of Topliss-reactive ketones (excluding diaryl/α,β-unsaturated/α-hetero) is 1. The van der Waals surface area contributed by atoms with Gasteiger partial charge >= 0.3 is 3.18 Å². The molecule has 0 radical (unpaired) electrons. The van der Waals surface area contributed by atoms with Gasteiger partial charge in [-0.05, 0) is 157 Å². The Kier molecular flexibility index (Phi) is 32.9. The van der Waals surface area contributed by atoms with Crippen molar-refractivity contribution < 1.29 is 74.0 Å². The number of anilines is 1. The zero-order valence-electron chi connectivity index (χ0n) is 52.0. The zero-order valence-corrected chi connectivity index (χ0v) is 64.9. The lowest BCUT2D eigenvalue weighted by atomic mass is 10.1. The van der Waals surface area contributed by atoms with Gasteiger partial charge in [0.15, 0.2) is 40.5 Å². The highest BCUT2D eigenvalue weighted by atomic mass is 128. The smallest absolute Gasteiger partial charge is 0.369 e. The average Bonchev–Trinajstić information content (AvgIpc) is 1.62. The van der Waals surface area contributed by atoms with Crippen LogP contribution in [0, 0.1) is 57.0 Å². The highest BCUT2D eigenvalue weighted by Gasteiger charge is 2.25. The Hall–Kier alpha value is -6.74. The van der Waals surface area contributed by atoms with Crippen LogP contribution in [0.4, 0.5) is 40.9 Å². The molecule has 3 N–H and O–H groups in total. The number of methoxy groups -OCH3 is 1. The van der Waals surface area contributed by atoms with Crippen LogP contribution in [0.15, 0.2) is 140 Å². The molecule has 11 rings (SSSR count). The predicted octanol–water partition coefficient (Wildman–Crippen LogP) is 18.5. The summed E-state index contributed by atoms with van der Waals surface area (Å²) in [6, 6.07) is 25.1. The molecule has 0 atom stereocenters. The van der Waals surface area contributed by atoms with E-state index in [9.17, 15) is 69.3 Å². The number of ether oxygens (including phenoxy) is 1. The van der Waals surface area contributed by atoms with E-state index in [2.05, 4.69) is 126 Å². The Morgan fingerprint density at radius 1 is 0.541 bits per heavy atom. The number of carbonyl (C=O) groups is 5. The van der Waals surface area contributed by atoms with E-state index < -0.39 is 69.6 Å². The molecule has 0 saturated heterocycles. The minimum absolute atomic E-state index is 0.0569. The third-order valence-electron chi connectivity index (χ3n) is 13.4. The lowest BCUT2D eigenvalue weighted by molar-refractivity contribution is -0.115. The van der Waals surface area contributed by atoms with Crippen molar-refractivity contribution in [2.24, 2.45) is 0 Å². The van der Waals surface area contributed by atoms with E-state index in [4.69, 9.17) is 4.74 Å². The summed E-state index contributed by atoms with van der Waals surface area (Å²) in [6.45, 7) is 8.91. The molecule has 0 aliphatic rings. The molecule has 0 fully saturated rings. The van der Waals surface area contributed by atoms with Crippen LogP contribution >= 0.6 is 123 Å². The average molecular weight is 1950 g/mol. The maximum Gasteiger partial charge on any atom is 0.369 e. The van der Waals surface area contributed by atoms with Crippen molar-refractivity contribution in [3.63, 3.8) is 0 Å². The van der Waals surface area contributed by atoms with Crippen molar-refractivity contribution in [3.05, 3.63) is 252 Å². The van der Waals surface area contributed by atoms with Crippen molar-refractivity contribution >= 4 is 178 Å². The van der Waals surface area contributed by atoms with Gasteiger partial charge in [-0.3, -0.25) is 37.2 Å². The zero-order chi connectivity index (χ0) is 72.8. The van der Waals surface area contributed by atoms with E-state index in [0.717, 1.165) is 30.5 Å². The largest absolute Gasteiger partial charge is 0.505 e. The number of rotatable bonds is 14. The summed E-state index contributed by atoms with van der Waals surface area (Å²) < 4.78 is 116. The van der Waals surface area contributed by atoms with E-state index in [1.165, 1.54) is 118 Å². The number of aryl methyl sites for hydroxylation is 4. The molecule has 11 aromatic rings. The number of nitrogens with zero attached hydrogens (tertiary/aromatic N) is 7. The molecule has 7 aromatic heterocycles. The van der Waals surface area contributed by atoms with Crippen LogP contribution in [0.3, 0.4) is 0 Å². The fourth-order valence-corrected chi connectivity index (χ4v) is 9.67. The molecule has 0 aliphatic carbocycles. The summed E-state index contributed by atoms with van der Waals surface area (Å²) >= 11 is 18.3. The van der Waals surface area contributed by atoms with E-state index >= 15 is 0 Å². The number of hydrogen-bond acceptors (Lipinski definition) is 12. The molecule has 0 spiro atoms. The monoisotopic (exact) mass is 1950 g/mol. The number of nitrogens with one attached hydrogen (secondary N) is 1. The van der Waals surface area contributed by atoms with Crippen LogP contribution < -0.4 is 10.1 Å². The quantitative estimate of drug-likeness (QED) is 0.0305. The molecule has 0 saturated carbocycles. The van der Waals surface area contributed by atoms with Crippen LogP contribution in [-0.2, 0) is 24.1 Å². The van der Waals surface area contributed by atoms with Gasteiger partial charge in [0.05, 0.1) is 39.3 Å². The number of halogens is 15. The lowest BCUT2D eigenvalue weighted by Crippen LogP contribution is -2.10. The molecule has 4 aromatic carbocycles. The van der Waals surface area contributed by atoms with Crippen molar-refractivity contribution in [1.29, 1.82) is 0 Å². The Balaban J connectivity index is 0.000000222. The molecular formula is C66H54BBr4F8I3N8O8. The second kappa shape index (κ2) is 39.3. The maximum atomic E-state index is 13.9. The summed E-state index contributed by atoms with van der Waals surface area (Å²) in [4.78, 5) is 76.7. The number of aromatic hydroxyl groups is 2. The SMILES string of the molecule is BrB(Br)Br.CCC(=O)Nc1ccc(F)cn1.CCc1nc2ccc(F)cn2c1C(=O)c1cc(F)c(O)c(I)c1.CCc1nc2ccc(F)cn2c1C(=O)c1ccc(O)c(F)c1.CCc1nc2ccc(F)cn2c1C(=O)c1ccc(OC)c(F)c1.Cc1ccc(C(=O)CBr)cc1F.II. The second-order valence-electron chi connectivity index (χ2n) is 19.8. The molecule has 0 aliphatic heterocycles. The Morgan fingerprint density at radius 2 is 0.949 bits per heavy atom. The molecule has 514 valence electrons. The number of alkyl halides is 1. The van der Waals surface area contributed by atoms with Gasteiger partial charge in [0.2, 0.25) is 23.3 Å². The predicted molar refractivity (Wildman–Crippen MR) is 399 cm³/mol. The van der Waals surface area contributed by atoms with Gasteiger partial charge in [-0.1, -0.05) is 55.8 Å². The summed E-state index contributed by atoms with van der Waals surface area (Å²) in [7, 11) is 1.35. The van der Waals surface area contributed by atoms with Crippen LogP contribution in [0.5, 0.6) is 17.2 Å². The number of hydrogen-bond donors (Lipinski definition) is 3. The molecule has 16 nitrogen and oxygen atoms in total. The number of benzene rings is 4. The molecule has 98 heavy (non-hydrogen) atoms. The highest BCUT2D eigenvalue weighted by Crippen LogP contribution is 2.29.